The number of anilines is 1. The van der Waals surface area contributed by atoms with Gasteiger partial charge in [0, 0.05) is 34.8 Å². The number of thiophene rings is 1. The van der Waals surface area contributed by atoms with Gasteiger partial charge in [-0.05, 0) is 43.5 Å². The van der Waals surface area contributed by atoms with Crippen molar-refractivity contribution in [2.24, 2.45) is 0 Å². The van der Waals surface area contributed by atoms with E-state index in [1.807, 2.05) is 32.7 Å². The Bertz CT molecular complexity index is 1370. The molecule has 0 saturated heterocycles. The van der Waals surface area contributed by atoms with E-state index < -0.39 is 11.6 Å². The summed E-state index contributed by atoms with van der Waals surface area (Å²) in [6.07, 6.45) is 0. The number of halogens is 2. The molecule has 0 saturated carbocycles. The molecule has 0 amide bonds. The van der Waals surface area contributed by atoms with E-state index in [-0.39, 0.29) is 5.92 Å². The molecule has 0 radical (unpaired) electrons. The first kappa shape index (κ1) is 21.1. The van der Waals surface area contributed by atoms with Crippen LogP contribution in [0.3, 0.4) is 0 Å². The van der Waals surface area contributed by atoms with E-state index in [0.29, 0.717) is 55.9 Å². The van der Waals surface area contributed by atoms with Crippen LogP contribution in [0.15, 0.2) is 24.3 Å². The van der Waals surface area contributed by atoms with Crippen molar-refractivity contribution in [1.82, 2.24) is 9.97 Å². The number of nitriles is 1. The van der Waals surface area contributed by atoms with Crippen molar-refractivity contribution in [3.05, 3.63) is 52.2 Å². The molecule has 2 aromatic heterocycles. The molecule has 158 valence electrons. The van der Waals surface area contributed by atoms with Gasteiger partial charge in [-0.3, -0.25) is 0 Å². The third kappa shape index (κ3) is 3.41. The molecule has 2 heterocycles. The summed E-state index contributed by atoms with van der Waals surface area (Å²) in [7, 11) is 1.90. The first-order chi connectivity index (χ1) is 14.8. The van der Waals surface area contributed by atoms with Crippen molar-refractivity contribution < 1.29 is 8.78 Å². The lowest BCUT2D eigenvalue weighted by Crippen LogP contribution is -2.18. The van der Waals surface area contributed by atoms with Crippen LogP contribution >= 0.6 is 11.3 Å². The minimum Gasteiger partial charge on any atom is -0.359 e. The molecule has 0 fully saturated rings. The van der Waals surface area contributed by atoms with E-state index in [4.69, 9.17) is 0 Å². The second kappa shape index (κ2) is 7.86. The summed E-state index contributed by atoms with van der Waals surface area (Å²) in [6.45, 7) is 8.44. The fourth-order valence-corrected chi connectivity index (χ4v) is 5.01. The van der Waals surface area contributed by atoms with E-state index in [0.717, 1.165) is 4.88 Å². The highest BCUT2D eigenvalue weighted by Crippen LogP contribution is 2.43. The van der Waals surface area contributed by atoms with Gasteiger partial charge in [0.15, 0.2) is 0 Å². The van der Waals surface area contributed by atoms with Crippen LogP contribution in [-0.2, 0) is 0 Å². The Balaban J connectivity index is 2.07. The smallest absolute Gasteiger partial charge is 0.141 e. The molecule has 0 spiro atoms. The van der Waals surface area contributed by atoms with Gasteiger partial charge in [0.1, 0.15) is 29.3 Å². The van der Waals surface area contributed by atoms with Crippen LogP contribution in [0.2, 0.25) is 0 Å². The number of rotatable bonds is 4. The number of aromatic nitrogens is 2. The maximum absolute atomic E-state index is 15.4. The van der Waals surface area contributed by atoms with Crippen LogP contribution in [-0.4, -0.2) is 23.6 Å². The van der Waals surface area contributed by atoms with E-state index in [9.17, 15) is 9.65 Å². The Hall–Kier alpha value is -3.11. The highest BCUT2D eigenvalue weighted by atomic mass is 32.1. The quantitative estimate of drug-likeness (QED) is 0.364. The number of benzene rings is 2. The van der Waals surface area contributed by atoms with Crippen molar-refractivity contribution >= 4 is 38.1 Å². The first-order valence-electron chi connectivity index (χ1n) is 10.1. The molecular formula is C24H22F2N4S. The van der Waals surface area contributed by atoms with Crippen LogP contribution in [0.1, 0.15) is 43.0 Å². The summed E-state index contributed by atoms with van der Waals surface area (Å²) < 4.78 is 30.5. The second-order valence-corrected chi connectivity index (χ2v) is 8.92. The maximum atomic E-state index is 15.4. The molecule has 4 rings (SSSR count). The fourth-order valence-electron chi connectivity index (χ4n) is 3.82. The predicted molar refractivity (Wildman–Crippen MR) is 123 cm³/mol. The summed E-state index contributed by atoms with van der Waals surface area (Å²) in [5, 5.41) is 10.9. The van der Waals surface area contributed by atoms with Crippen molar-refractivity contribution in [2.75, 3.05) is 18.5 Å². The van der Waals surface area contributed by atoms with Crippen molar-refractivity contribution in [3.63, 3.8) is 0 Å². The lowest BCUT2D eigenvalue weighted by Gasteiger charge is -2.19. The van der Waals surface area contributed by atoms with Gasteiger partial charge in [-0.1, -0.05) is 19.9 Å². The lowest BCUT2D eigenvalue weighted by molar-refractivity contribution is 0.632. The Morgan fingerprint density at radius 2 is 1.87 bits per heavy atom. The van der Waals surface area contributed by atoms with Crippen LogP contribution in [0.5, 0.6) is 0 Å². The van der Waals surface area contributed by atoms with Gasteiger partial charge in [0.05, 0.1) is 15.8 Å². The third-order valence-electron chi connectivity index (χ3n) is 5.46. The van der Waals surface area contributed by atoms with Crippen molar-refractivity contribution in [2.45, 2.75) is 33.6 Å². The Morgan fingerprint density at radius 1 is 1.13 bits per heavy atom. The third-order valence-corrected chi connectivity index (χ3v) is 6.96. The molecule has 4 aromatic rings. The minimum absolute atomic E-state index is 0.0586. The zero-order valence-corrected chi connectivity index (χ0v) is 18.9. The van der Waals surface area contributed by atoms with Crippen LogP contribution in [0, 0.1) is 29.9 Å². The molecule has 0 aliphatic heterocycles. The lowest BCUT2D eigenvalue weighted by atomic mass is 9.95. The molecule has 4 nitrogen and oxygen atoms in total. The van der Waals surface area contributed by atoms with E-state index in [2.05, 4.69) is 16.0 Å². The zero-order chi connectivity index (χ0) is 22.4. The number of aryl methyl sites for hydroxylation is 1. The van der Waals surface area contributed by atoms with Gasteiger partial charge in [0.25, 0.3) is 0 Å². The standard InChI is InChI=1S/C24H22F2N4S/c1-6-30(5)24-16-9-19(26)15(10-20(16)28-13(4)29-24)14-7-8-18(25)23-21(14)17(11-27)22(31-23)12(2)3/h7-10,12H,6H2,1-5H3. The average molecular weight is 437 g/mol. The van der Waals surface area contributed by atoms with Gasteiger partial charge in [-0.2, -0.15) is 5.26 Å². The largest absolute Gasteiger partial charge is 0.359 e. The average Bonchev–Trinajstić information content (AvgIpc) is 3.14. The Kier molecular flexibility index (Phi) is 5.36. The maximum Gasteiger partial charge on any atom is 0.141 e. The summed E-state index contributed by atoms with van der Waals surface area (Å²) in [5.74, 6) is 0.441. The Labute approximate surface area is 183 Å². The van der Waals surface area contributed by atoms with Gasteiger partial charge in [-0.15, -0.1) is 11.3 Å². The number of hydrogen-bond donors (Lipinski definition) is 0. The summed E-state index contributed by atoms with van der Waals surface area (Å²) >= 11 is 1.26. The summed E-state index contributed by atoms with van der Waals surface area (Å²) in [6, 6.07) is 8.22. The zero-order valence-electron chi connectivity index (χ0n) is 18.0. The molecule has 0 atom stereocenters. The normalized spacial score (nSPS) is 11.5. The molecule has 0 bridgehead atoms. The number of fused-ring (bicyclic) bond motifs is 2. The summed E-state index contributed by atoms with van der Waals surface area (Å²) in [4.78, 5) is 11.7. The predicted octanol–water partition coefficient (Wildman–Crippen LogP) is 6.55. The van der Waals surface area contributed by atoms with Gasteiger partial charge in [0.2, 0.25) is 0 Å². The van der Waals surface area contributed by atoms with Gasteiger partial charge in [-0.25, -0.2) is 18.7 Å². The van der Waals surface area contributed by atoms with Crippen molar-refractivity contribution in [3.8, 4) is 17.2 Å². The topological polar surface area (TPSA) is 52.8 Å². The van der Waals surface area contributed by atoms with Crippen LogP contribution in [0.4, 0.5) is 14.6 Å². The molecule has 0 N–H and O–H groups in total. The summed E-state index contributed by atoms with van der Waals surface area (Å²) in [5.41, 5.74) is 1.81. The molecule has 0 aliphatic rings. The molecule has 2 aromatic carbocycles. The van der Waals surface area contributed by atoms with E-state index in [1.54, 1.807) is 19.1 Å². The number of hydrogen-bond acceptors (Lipinski definition) is 5. The van der Waals surface area contributed by atoms with Crippen LogP contribution in [0.25, 0.3) is 32.1 Å². The Morgan fingerprint density at radius 3 is 2.52 bits per heavy atom. The fraction of sp³-hybridized carbons (Fsp3) is 0.292. The highest BCUT2D eigenvalue weighted by Gasteiger charge is 2.23. The molecule has 7 heteroatoms. The van der Waals surface area contributed by atoms with Crippen LogP contribution < -0.4 is 4.90 Å². The minimum atomic E-state index is -0.459. The van der Waals surface area contributed by atoms with Crippen molar-refractivity contribution in [1.29, 1.82) is 5.26 Å². The monoisotopic (exact) mass is 436 g/mol. The van der Waals surface area contributed by atoms with E-state index >= 15 is 4.39 Å². The first-order valence-corrected chi connectivity index (χ1v) is 10.9. The number of nitrogens with zero attached hydrogens (tertiary/aromatic N) is 4. The van der Waals surface area contributed by atoms with E-state index in [1.165, 1.54) is 23.5 Å². The molecule has 0 aliphatic carbocycles. The molecular weight excluding hydrogens is 414 g/mol. The van der Waals surface area contributed by atoms with Gasteiger partial charge < -0.3 is 4.90 Å². The SMILES string of the molecule is CCN(C)c1nc(C)nc2cc(-c3ccc(F)c4sc(C(C)C)c(C#N)c34)c(F)cc12. The molecule has 31 heavy (non-hydrogen) atoms. The second-order valence-electron chi connectivity index (χ2n) is 7.86. The highest BCUT2D eigenvalue weighted by molar-refractivity contribution is 7.19. The van der Waals surface area contributed by atoms with Gasteiger partial charge >= 0.3 is 0 Å². The molecule has 0 unspecified atom stereocenters.